The highest BCUT2D eigenvalue weighted by Crippen LogP contribution is 2.47. The molecule has 0 amide bonds. The third-order valence-electron chi connectivity index (χ3n) is 25.3. The van der Waals surface area contributed by atoms with E-state index in [1.165, 1.54) is 105 Å². The Morgan fingerprint density at radius 3 is 1.05 bits per heavy atom. The van der Waals surface area contributed by atoms with Crippen LogP contribution in [0.25, 0.3) is 44.1 Å². The number of alkyl halides is 5. The Hall–Kier alpha value is -10.9. The first-order valence-electron chi connectivity index (χ1n) is 41.1. The average Bonchev–Trinajstić information content (AvgIpc) is 1.59. The Morgan fingerprint density at radius 1 is 0.381 bits per heavy atom. The number of halogens is 11. The van der Waals surface area contributed by atoms with Crippen LogP contribution in [0.15, 0.2) is 122 Å². The lowest BCUT2D eigenvalue weighted by atomic mass is 9.95. The summed E-state index contributed by atoms with van der Waals surface area (Å²) in [6.07, 6.45) is -4.25. The summed E-state index contributed by atoms with van der Waals surface area (Å²) in [6, 6.07) is 15.3. The molecule has 8 unspecified atom stereocenters. The van der Waals surface area contributed by atoms with Gasteiger partial charge in [-0.05, 0) is 129 Å². The van der Waals surface area contributed by atoms with Gasteiger partial charge in [-0.2, -0.15) is 13.2 Å². The minimum Gasteiger partial charge on any atom is -0.487 e. The van der Waals surface area contributed by atoms with Gasteiger partial charge >= 0.3 is 6.18 Å². The van der Waals surface area contributed by atoms with Gasteiger partial charge in [0.15, 0.2) is 23.3 Å². The summed E-state index contributed by atoms with van der Waals surface area (Å²) in [6.45, 7) is 5.48. The zero-order valence-electron chi connectivity index (χ0n) is 67.4. The van der Waals surface area contributed by atoms with Crippen LogP contribution in [0.5, 0.6) is 23.0 Å². The number of hydrogen-bond acceptors (Lipinski definition) is 24. The molecule has 4 fully saturated rings. The molecule has 20 N–H and O–H groups in total. The predicted octanol–water partition coefficient (Wildman–Crippen LogP) is 8.99. The second-order valence-electron chi connectivity index (χ2n) is 33.0. The number of aromatic nitrogens is 8. The van der Waals surface area contributed by atoms with Crippen molar-refractivity contribution in [2.45, 2.75) is 194 Å². The van der Waals surface area contributed by atoms with Crippen LogP contribution in [-0.2, 0) is 64.0 Å². The molecule has 0 radical (unpaired) electrons. The van der Waals surface area contributed by atoms with Crippen molar-refractivity contribution in [3.8, 4) is 23.0 Å². The minimum absolute atomic E-state index is 0.00911. The largest absolute Gasteiger partial charge is 0.487 e. The first-order valence-corrected chi connectivity index (χ1v) is 41.5. The van der Waals surface area contributed by atoms with E-state index in [4.69, 9.17) is 53.5 Å². The molecule has 126 heavy (non-hydrogen) atoms. The molecule has 4 saturated carbocycles. The van der Waals surface area contributed by atoms with Crippen molar-refractivity contribution in [1.29, 1.82) is 0 Å². The molecule has 8 aromatic heterocycles. The minimum atomic E-state index is -4.55. The summed E-state index contributed by atoms with van der Waals surface area (Å²) in [5.41, 5.74) is 30.6. The summed E-state index contributed by atoms with van der Waals surface area (Å²) >= 11 is 6.06. The van der Waals surface area contributed by atoms with Gasteiger partial charge < -0.3 is 122 Å². The molecule has 28 nitrogen and oxygen atoms in total. The van der Waals surface area contributed by atoms with Crippen LogP contribution >= 0.6 is 11.6 Å². The number of pyridine rings is 4. The van der Waals surface area contributed by atoms with Gasteiger partial charge in [0.1, 0.15) is 125 Å². The third kappa shape index (κ3) is 16.3. The van der Waals surface area contributed by atoms with E-state index in [0.717, 1.165) is 54.9 Å². The maximum atomic E-state index is 14.5. The SMILES string of the molecule is CC(F)(F)c1cc2c(c(OC3CC(n4cc(F)c5c(N)ccnc54)[C@H](O)[C@@H]3O)c1)CNCC2.Nc1ccnc2c1c(F)cn2C1CC(Oc2cc(C(F)(F)F)cc3c2CNCC3)[C@@H](O)[C@H]1O.Nc1ccnc2c1c(F)cn2C1CC(Oc2cc(Cl)c(F)c3c2CNCC3)[C@@H](O)[C@H]1O.Nc1ccnc2c1c(F)cn2C1CC(Oc2cccc3c2CNCC3)[C@@H](O)[C@H]1O. The van der Waals surface area contributed by atoms with Crippen LogP contribution < -0.4 is 63.1 Å². The second-order valence-corrected chi connectivity index (χ2v) is 33.4. The van der Waals surface area contributed by atoms with E-state index in [0.29, 0.717) is 111 Å². The van der Waals surface area contributed by atoms with Gasteiger partial charge in [0.25, 0.3) is 5.92 Å². The molecule has 0 saturated heterocycles. The Morgan fingerprint density at radius 2 is 0.690 bits per heavy atom. The van der Waals surface area contributed by atoms with Crippen molar-refractivity contribution in [1.82, 2.24) is 59.5 Å². The summed E-state index contributed by atoms with van der Waals surface area (Å²) in [5, 5.41) is 98.9. The fraction of sp³-hybridized carbons (Fsp3) is 0.402. The lowest BCUT2D eigenvalue weighted by molar-refractivity contribution is -0.137. The van der Waals surface area contributed by atoms with E-state index in [1.807, 2.05) is 12.1 Å². The highest BCUT2D eigenvalue weighted by atomic mass is 35.5. The molecule has 20 rings (SSSR count). The molecule has 12 heterocycles. The van der Waals surface area contributed by atoms with Crippen LogP contribution in [0.1, 0.15) is 112 Å². The van der Waals surface area contributed by atoms with Crippen LogP contribution in [0.3, 0.4) is 0 Å². The Balaban J connectivity index is 0.000000119. The molecule has 16 atom stereocenters. The smallest absolute Gasteiger partial charge is 0.416 e. The van der Waals surface area contributed by atoms with E-state index >= 15 is 0 Å². The third-order valence-corrected chi connectivity index (χ3v) is 25.5. The molecule has 12 aromatic rings. The van der Waals surface area contributed by atoms with Crippen molar-refractivity contribution >= 4 is 78.5 Å². The summed E-state index contributed by atoms with van der Waals surface area (Å²) in [5.74, 6) is -4.46. The van der Waals surface area contributed by atoms with Crippen molar-refractivity contribution in [3.05, 3.63) is 212 Å². The molecule has 0 spiro atoms. The van der Waals surface area contributed by atoms with E-state index < -0.39 is 144 Å². The number of rotatable bonds is 13. The molecule has 8 aliphatic rings. The van der Waals surface area contributed by atoms with E-state index in [9.17, 15) is 84.8 Å². The van der Waals surface area contributed by atoms with Crippen molar-refractivity contribution in [2.24, 2.45) is 0 Å². The number of nitrogens with one attached hydrogen (secondary N) is 4. The van der Waals surface area contributed by atoms with E-state index in [1.54, 1.807) is 4.57 Å². The first kappa shape index (κ1) is 87.2. The standard InChI is InChI=1S/C23H25F3N4O3.C22H22F4N4O3.C21H21ClF2N4O3.C21H23FN4O3/c1-23(25,26)12-6-11-2-4-28-9-13(11)17(7-12)33-18-8-16(20(31)21(18)32)30-10-14(24)19-15(27)3-5-29-22(19)30;23-13-9-30(21-18(13)14(27)2-4-29-21)15-7-17(20(32)19(15)31)33-16-6-11(22(24,25)26)5-10-1-3-28-8-12(10)16;22-11-5-15(10-7-26-3-1-9(10)18(11)24)31-16-6-14(19(29)20(16)30)28-8-12(23)17-13(25)2-4-27-21(17)28;22-13-10-26(21-18(13)14(23)5-7-25-21)15-8-17(20(28)19(15)27)29-16-3-1-2-11-4-6-24-9-12(11)16/h3,5-7,10,16,18,20-21,28,31-32H,2,4,8-9H2,1H3,(H2,27,29);2,4-6,9,15,17,19-20,28,31-32H,1,3,7-8H2,(H2,27,29);2,4-5,8,14,16,19-20,26,29-30H,1,3,6-7H2,(H2,25,27);1-3,5,7,10,15,17,19-20,24,27-28H,4,6,8-9H2,(H2,23,25)/t16?,18?,20-,21+;15?,17?,19-,20+;14?,16?,19-,20+;15?,17?,19-,20+/m0000/s1. The van der Waals surface area contributed by atoms with Gasteiger partial charge in [0.05, 0.1) is 56.3 Å². The predicted molar refractivity (Wildman–Crippen MR) is 444 cm³/mol. The molecule has 0 bridgehead atoms. The van der Waals surface area contributed by atoms with Crippen molar-refractivity contribution in [2.75, 3.05) is 49.1 Å². The highest BCUT2D eigenvalue weighted by Gasteiger charge is 2.50. The zero-order chi connectivity index (χ0) is 89.0. The fourth-order valence-electron chi connectivity index (χ4n) is 18.7. The number of nitrogens with two attached hydrogens (primary N) is 4. The number of aliphatic hydroxyl groups is 8. The van der Waals surface area contributed by atoms with E-state index in [-0.39, 0.29) is 103 Å². The lowest BCUT2D eigenvalue weighted by Crippen LogP contribution is -2.35. The first-order chi connectivity index (χ1) is 60.2. The number of fused-ring (bicyclic) bond motifs is 8. The topological polar surface area (TPSA) is 422 Å². The molecule has 4 aromatic carbocycles. The molecular formula is C87H91ClF10N16O12. The fourth-order valence-corrected chi connectivity index (χ4v) is 19.0. The normalized spacial score (nSPS) is 25.7. The van der Waals surface area contributed by atoms with Gasteiger partial charge in [0.2, 0.25) is 0 Å². The molecule has 668 valence electrons. The van der Waals surface area contributed by atoms with Crippen LogP contribution in [0.2, 0.25) is 5.02 Å². The molecule has 39 heteroatoms. The quantitative estimate of drug-likeness (QED) is 0.0478. The maximum Gasteiger partial charge on any atom is 0.416 e. The number of nitrogen functional groups attached to an aromatic ring is 4. The molecule has 4 aliphatic carbocycles. The molecule has 4 aliphatic heterocycles. The van der Waals surface area contributed by atoms with Gasteiger partial charge in [0, 0.05) is 165 Å². The average molecular weight is 1780 g/mol. The van der Waals surface area contributed by atoms with Gasteiger partial charge in [-0.25, -0.2) is 50.7 Å². The Bertz CT molecular complexity index is 5930. The Labute approximate surface area is 716 Å². The van der Waals surface area contributed by atoms with Crippen LogP contribution in [0.4, 0.5) is 66.7 Å². The van der Waals surface area contributed by atoms with Crippen LogP contribution in [0, 0.1) is 29.1 Å². The number of benzene rings is 4. The highest BCUT2D eigenvalue weighted by molar-refractivity contribution is 6.31. The number of nitrogens with zero attached hydrogens (tertiary/aromatic N) is 8. The number of ether oxygens (including phenoxy) is 4. The van der Waals surface area contributed by atoms with Gasteiger partial charge in [-0.15, -0.1) is 0 Å². The van der Waals surface area contributed by atoms with Crippen LogP contribution in [-0.4, -0.2) is 178 Å². The summed E-state index contributed by atoms with van der Waals surface area (Å²) in [7, 11) is 0. The van der Waals surface area contributed by atoms with E-state index in [2.05, 4.69) is 47.3 Å². The molecular weight excluding hydrogens is 1690 g/mol. The lowest BCUT2D eigenvalue weighted by Gasteiger charge is -2.26. The van der Waals surface area contributed by atoms with Gasteiger partial charge in [-0.1, -0.05) is 23.7 Å². The summed E-state index contributed by atoms with van der Waals surface area (Å²) in [4.78, 5) is 16.8. The van der Waals surface area contributed by atoms with Crippen molar-refractivity contribution < 1.29 is 104 Å². The maximum absolute atomic E-state index is 14.5. The Kier molecular flexibility index (Phi) is 24.0. The van der Waals surface area contributed by atoms with Gasteiger partial charge in [-0.3, -0.25) is 0 Å². The number of anilines is 4. The summed E-state index contributed by atoms with van der Waals surface area (Å²) < 4.78 is 171. The zero-order valence-corrected chi connectivity index (χ0v) is 68.1. The number of hydrogen-bond donors (Lipinski definition) is 16. The monoisotopic (exact) mass is 1780 g/mol. The van der Waals surface area contributed by atoms with Crippen molar-refractivity contribution in [3.63, 3.8) is 0 Å². The second kappa shape index (κ2) is 34.7. The number of aliphatic hydroxyl groups excluding tert-OH is 8.